The smallest absolute Gasteiger partial charge is 0.744 e. The van der Waals surface area contributed by atoms with Crippen LogP contribution >= 0.6 is 0 Å². The molecule has 0 atom stereocenters. The Hall–Kier alpha value is -0.980. The van der Waals surface area contributed by atoms with Crippen LogP contribution in [0.3, 0.4) is 0 Å². The van der Waals surface area contributed by atoms with Crippen LogP contribution in [-0.2, 0) is 10.1 Å². The van der Waals surface area contributed by atoms with Crippen LogP contribution in [0.15, 0.2) is 41.3 Å². The van der Waals surface area contributed by atoms with Crippen molar-refractivity contribution in [3.05, 3.63) is 64.2 Å². The summed E-state index contributed by atoms with van der Waals surface area (Å²) in [5.41, 5.74) is 2.69. The van der Waals surface area contributed by atoms with Crippen molar-refractivity contribution in [2.24, 2.45) is 0 Å². The SMILES string of the molecule is Cc1ccc(C(=O)c2cc(C)c(C)cc2S(=O)(=O)[O-])cc1.[Na+]. The molecule has 2 rings (SSSR count). The maximum absolute atomic E-state index is 12.5. The fourth-order valence-electron chi connectivity index (χ4n) is 2.03. The molecule has 0 aliphatic heterocycles. The summed E-state index contributed by atoms with van der Waals surface area (Å²) in [6, 6.07) is 9.49. The Morgan fingerprint density at radius 1 is 0.955 bits per heavy atom. The fourth-order valence-corrected chi connectivity index (χ4v) is 2.78. The van der Waals surface area contributed by atoms with E-state index in [1.54, 1.807) is 38.1 Å². The van der Waals surface area contributed by atoms with Gasteiger partial charge in [0.2, 0.25) is 0 Å². The summed E-state index contributed by atoms with van der Waals surface area (Å²) in [5.74, 6) is -0.465. The molecule has 0 spiro atoms. The van der Waals surface area contributed by atoms with E-state index in [9.17, 15) is 17.8 Å². The maximum atomic E-state index is 12.5. The van der Waals surface area contributed by atoms with E-state index in [4.69, 9.17) is 0 Å². The van der Waals surface area contributed by atoms with Gasteiger partial charge in [0.25, 0.3) is 0 Å². The van der Waals surface area contributed by atoms with Gasteiger partial charge in [-0.15, -0.1) is 0 Å². The van der Waals surface area contributed by atoms with Crippen molar-refractivity contribution in [1.29, 1.82) is 0 Å². The normalized spacial score (nSPS) is 10.9. The van der Waals surface area contributed by atoms with Gasteiger partial charge in [0.15, 0.2) is 5.78 Å². The number of hydrogen-bond acceptors (Lipinski definition) is 4. The van der Waals surface area contributed by atoms with Gasteiger partial charge in [-0.2, -0.15) is 0 Å². The monoisotopic (exact) mass is 326 g/mol. The van der Waals surface area contributed by atoms with Crippen molar-refractivity contribution in [3.8, 4) is 0 Å². The Morgan fingerprint density at radius 2 is 1.45 bits per heavy atom. The summed E-state index contributed by atoms with van der Waals surface area (Å²) in [6.45, 7) is 5.35. The van der Waals surface area contributed by atoms with Crippen molar-refractivity contribution in [2.75, 3.05) is 0 Å². The number of benzene rings is 2. The number of carbonyl (C=O) groups is 1. The minimum atomic E-state index is -4.70. The largest absolute Gasteiger partial charge is 1.00 e. The summed E-state index contributed by atoms with van der Waals surface area (Å²) >= 11 is 0. The first-order valence-corrected chi connectivity index (χ1v) is 7.79. The summed E-state index contributed by atoms with van der Waals surface area (Å²) in [5, 5.41) is 0. The molecule has 2 aromatic carbocycles. The van der Waals surface area contributed by atoms with Gasteiger partial charge in [-0.25, -0.2) is 8.42 Å². The summed E-state index contributed by atoms with van der Waals surface area (Å²) in [6.07, 6.45) is 0. The van der Waals surface area contributed by atoms with Crippen LogP contribution in [0.1, 0.15) is 32.6 Å². The van der Waals surface area contributed by atoms with Gasteiger partial charge < -0.3 is 4.55 Å². The predicted octanol–water partition coefficient (Wildman–Crippen LogP) is -0.249. The standard InChI is InChI=1S/C16H16O4S.Na/c1-10-4-6-13(7-5-10)16(17)14-8-11(2)12(3)9-15(14)21(18,19)20;/h4-9H,1-3H3,(H,18,19,20);/q;+1/p-1. The molecule has 0 aromatic heterocycles. The summed E-state index contributed by atoms with van der Waals surface area (Å²) in [7, 11) is -4.70. The van der Waals surface area contributed by atoms with Crippen molar-refractivity contribution in [1.82, 2.24) is 0 Å². The third-order valence-corrected chi connectivity index (χ3v) is 4.30. The van der Waals surface area contributed by atoms with Crippen molar-refractivity contribution < 1.29 is 47.3 Å². The van der Waals surface area contributed by atoms with E-state index in [-0.39, 0.29) is 35.1 Å². The van der Waals surface area contributed by atoms with Crippen molar-refractivity contribution >= 4 is 15.9 Å². The zero-order valence-corrected chi connectivity index (χ0v) is 15.8. The second-order valence-electron chi connectivity index (χ2n) is 5.08. The number of carbonyl (C=O) groups excluding carboxylic acids is 1. The van der Waals surface area contributed by atoms with Crippen LogP contribution in [-0.4, -0.2) is 18.8 Å². The van der Waals surface area contributed by atoms with Gasteiger partial charge in [0.1, 0.15) is 10.1 Å². The van der Waals surface area contributed by atoms with E-state index in [1.165, 1.54) is 12.1 Å². The number of hydrogen-bond donors (Lipinski definition) is 0. The summed E-state index contributed by atoms with van der Waals surface area (Å²) in [4.78, 5) is 12.0. The predicted molar refractivity (Wildman–Crippen MR) is 78.5 cm³/mol. The first-order valence-electron chi connectivity index (χ1n) is 6.38. The quantitative estimate of drug-likeness (QED) is 0.443. The van der Waals surface area contributed by atoms with E-state index < -0.39 is 20.8 Å². The van der Waals surface area contributed by atoms with Gasteiger partial charge >= 0.3 is 29.6 Å². The molecule has 110 valence electrons. The fraction of sp³-hybridized carbons (Fsp3) is 0.188. The summed E-state index contributed by atoms with van der Waals surface area (Å²) < 4.78 is 34.2. The minimum absolute atomic E-state index is 0. The molecule has 0 heterocycles. The molecule has 0 saturated heterocycles. The molecule has 0 N–H and O–H groups in total. The van der Waals surface area contributed by atoms with Crippen molar-refractivity contribution in [3.63, 3.8) is 0 Å². The molecule has 0 unspecified atom stereocenters. The molecule has 0 aliphatic carbocycles. The third kappa shape index (κ3) is 4.06. The second kappa shape index (κ2) is 7.06. The van der Waals surface area contributed by atoms with Crippen LogP contribution in [0.25, 0.3) is 0 Å². The molecule has 0 amide bonds. The molecular formula is C16H15NaO4S. The first kappa shape index (κ1) is 19.1. The zero-order chi connectivity index (χ0) is 15.8. The first-order chi connectivity index (χ1) is 9.70. The average Bonchev–Trinajstić information content (AvgIpc) is 2.40. The Bertz CT molecular complexity index is 809. The molecule has 0 bridgehead atoms. The van der Waals surface area contributed by atoms with Gasteiger partial charge in [-0.05, 0) is 44.0 Å². The van der Waals surface area contributed by atoms with Crippen LogP contribution in [0, 0.1) is 20.8 Å². The van der Waals surface area contributed by atoms with Crippen molar-refractivity contribution in [2.45, 2.75) is 25.7 Å². The van der Waals surface area contributed by atoms with Crippen LogP contribution in [0.4, 0.5) is 0 Å². The molecule has 6 heteroatoms. The van der Waals surface area contributed by atoms with E-state index in [0.29, 0.717) is 11.1 Å². The second-order valence-corrected chi connectivity index (χ2v) is 6.43. The Labute approximate surface area is 152 Å². The molecule has 0 aliphatic rings. The van der Waals surface area contributed by atoms with Crippen LogP contribution in [0.2, 0.25) is 0 Å². The number of aryl methyl sites for hydroxylation is 3. The van der Waals surface area contributed by atoms with Gasteiger partial charge in [-0.3, -0.25) is 4.79 Å². The van der Waals surface area contributed by atoms with E-state index in [0.717, 1.165) is 11.1 Å². The third-order valence-electron chi connectivity index (χ3n) is 3.42. The Balaban J connectivity index is 0.00000242. The average molecular weight is 326 g/mol. The molecule has 22 heavy (non-hydrogen) atoms. The molecule has 0 fully saturated rings. The Morgan fingerprint density at radius 3 is 1.95 bits per heavy atom. The number of ketones is 1. The topological polar surface area (TPSA) is 74.3 Å². The minimum Gasteiger partial charge on any atom is -0.744 e. The number of rotatable bonds is 3. The van der Waals surface area contributed by atoms with Gasteiger partial charge in [0.05, 0.1) is 4.90 Å². The molecule has 4 nitrogen and oxygen atoms in total. The van der Waals surface area contributed by atoms with E-state index in [1.807, 2.05) is 6.92 Å². The maximum Gasteiger partial charge on any atom is 1.00 e. The van der Waals surface area contributed by atoms with Gasteiger partial charge in [-0.1, -0.05) is 29.8 Å². The van der Waals surface area contributed by atoms with Crippen LogP contribution in [0.5, 0.6) is 0 Å². The van der Waals surface area contributed by atoms with E-state index in [2.05, 4.69) is 0 Å². The molecule has 0 radical (unpaired) electrons. The zero-order valence-electron chi connectivity index (χ0n) is 13.0. The van der Waals surface area contributed by atoms with E-state index >= 15 is 0 Å². The molecule has 0 saturated carbocycles. The van der Waals surface area contributed by atoms with Crippen LogP contribution < -0.4 is 29.6 Å². The Kier molecular flexibility index (Phi) is 6.12. The molecular weight excluding hydrogens is 311 g/mol. The molecule has 2 aromatic rings. The van der Waals surface area contributed by atoms with Gasteiger partial charge in [0, 0.05) is 11.1 Å².